The summed E-state index contributed by atoms with van der Waals surface area (Å²) in [7, 11) is 1.59. The molecule has 18 heavy (non-hydrogen) atoms. The van der Waals surface area contributed by atoms with E-state index in [9.17, 15) is 14.4 Å². The molecule has 8 heteroatoms. The van der Waals surface area contributed by atoms with Gasteiger partial charge in [0.1, 0.15) is 6.04 Å². The summed E-state index contributed by atoms with van der Waals surface area (Å²) in [5, 5.41) is 13.6. The first-order chi connectivity index (χ1) is 8.42. The number of aliphatic carboxylic acids is 1. The third-order valence-corrected chi connectivity index (χ3v) is 2.77. The second-order valence-corrected chi connectivity index (χ2v) is 4.21. The minimum absolute atomic E-state index is 0.0297. The van der Waals surface area contributed by atoms with E-state index in [1.54, 1.807) is 7.11 Å². The number of carbonyl (C=O) groups excluding carboxylic acids is 2. The van der Waals surface area contributed by atoms with Crippen LogP contribution in [0.5, 0.6) is 0 Å². The van der Waals surface area contributed by atoms with E-state index in [0.717, 1.165) is 0 Å². The number of amides is 3. The van der Waals surface area contributed by atoms with Crippen LogP contribution >= 0.6 is 0 Å². The maximum atomic E-state index is 11.5. The molecule has 0 radical (unpaired) electrons. The lowest BCUT2D eigenvalue weighted by Gasteiger charge is -2.34. The first kappa shape index (κ1) is 14.2. The van der Waals surface area contributed by atoms with E-state index in [1.807, 2.05) is 0 Å². The van der Waals surface area contributed by atoms with Gasteiger partial charge in [0.05, 0.1) is 12.5 Å². The second kappa shape index (κ2) is 6.20. The fraction of sp³-hybridized carbons (Fsp3) is 0.700. The average Bonchev–Trinajstić information content (AvgIpc) is 2.20. The van der Waals surface area contributed by atoms with E-state index in [-0.39, 0.29) is 12.1 Å². The van der Waals surface area contributed by atoms with Crippen LogP contribution in [0.1, 0.15) is 19.3 Å². The van der Waals surface area contributed by atoms with Crippen LogP contribution < -0.4 is 16.4 Å². The highest BCUT2D eigenvalue weighted by Crippen LogP contribution is 2.22. The molecular weight excluding hydrogens is 242 g/mol. The number of nitrogens with two attached hydrogens (primary N) is 1. The minimum Gasteiger partial charge on any atom is -0.480 e. The molecule has 1 aliphatic carbocycles. The molecule has 102 valence electrons. The molecule has 1 aliphatic rings. The Bertz CT molecular complexity index is 340. The van der Waals surface area contributed by atoms with Crippen LogP contribution in [-0.2, 0) is 14.3 Å². The molecule has 0 bridgehead atoms. The number of carboxylic acid groups (broad SMARTS) is 1. The zero-order chi connectivity index (χ0) is 13.7. The standard InChI is InChI=1S/C10H17N3O5/c1-18-6-2-5(3-6)12-10(17)13-7(9(15)16)4-8(11)14/h5-7H,2-4H2,1H3,(H2,11,14)(H,15,16)(H2,12,13,17)/t5?,6?,7-/m0/s1. The van der Waals surface area contributed by atoms with Crippen LogP contribution in [0.4, 0.5) is 4.79 Å². The van der Waals surface area contributed by atoms with Gasteiger partial charge in [-0.3, -0.25) is 4.79 Å². The van der Waals surface area contributed by atoms with Gasteiger partial charge in [-0.1, -0.05) is 0 Å². The van der Waals surface area contributed by atoms with Crippen molar-refractivity contribution >= 4 is 17.9 Å². The molecule has 0 aromatic carbocycles. The average molecular weight is 259 g/mol. The van der Waals surface area contributed by atoms with Crippen LogP contribution in [-0.4, -0.2) is 48.3 Å². The largest absolute Gasteiger partial charge is 0.480 e. The Morgan fingerprint density at radius 1 is 1.44 bits per heavy atom. The predicted octanol–water partition coefficient (Wildman–Crippen LogP) is -1.21. The molecule has 0 aromatic heterocycles. The summed E-state index contributed by atoms with van der Waals surface area (Å²) >= 11 is 0. The quantitative estimate of drug-likeness (QED) is 0.475. The van der Waals surface area contributed by atoms with Crippen molar-refractivity contribution in [2.24, 2.45) is 5.73 Å². The molecule has 0 spiro atoms. The lowest BCUT2D eigenvalue weighted by molar-refractivity contribution is -0.140. The minimum atomic E-state index is -1.30. The third kappa shape index (κ3) is 4.21. The zero-order valence-corrected chi connectivity index (χ0v) is 10.0. The third-order valence-electron chi connectivity index (χ3n) is 2.77. The van der Waals surface area contributed by atoms with Crippen LogP contribution in [0.3, 0.4) is 0 Å². The monoisotopic (exact) mass is 259 g/mol. The summed E-state index contributed by atoms with van der Waals surface area (Å²) < 4.78 is 5.04. The van der Waals surface area contributed by atoms with Crippen molar-refractivity contribution in [3.05, 3.63) is 0 Å². The Balaban J connectivity index is 2.33. The predicted molar refractivity (Wildman–Crippen MR) is 60.7 cm³/mol. The molecule has 3 amide bonds. The van der Waals surface area contributed by atoms with Gasteiger partial charge in [-0.05, 0) is 12.8 Å². The van der Waals surface area contributed by atoms with Crippen molar-refractivity contribution in [3.63, 3.8) is 0 Å². The smallest absolute Gasteiger partial charge is 0.326 e. The van der Waals surface area contributed by atoms with Gasteiger partial charge in [-0.25, -0.2) is 9.59 Å². The molecular formula is C10H17N3O5. The number of carboxylic acids is 1. The van der Waals surface area contributed by atoms with E-state index >= 15 is 0 Å². The number of hydrogen-bond donors (Lipinski definition) is 4. The number of methoxy groups -OCH3 is 1. The Morgan fingerprint density at radius 2 is 2.06 bits per heavy atom. The van der Waals surface area contributed by atoms with Crippen LogP contribution in [0.25, 0.3) is 0 Å². The summed E-state index contributed by atoms with van der Waals surface area (Å²) in [6, 6.07) is -1.96. The molecule has 8 nitrogen and oxygen atoms in total. The number of ether oxygens (including phenoxy) is 1. The number of primary amides is 1. The van der Waals surface area contributed by atoms with Gasteiger partial charge in [-0.15, -0.1) is 0 Å². The molecule has 1 saturated carbocycles. The molecule has 1 atom stereocenters. The Morgan fingerprint density at radius 3 is 2.50 bits per heavy atom. The highest BCUT2D eigenvalue weighted by atomic mass is 16.5. The fourth-order valence-electron chi connectivity index (χ4n) is 1.66. The summed E-state index contributed by atoms with van der Waals surface area (Å²) in [5.41, 5.74) is 4.89. The van der Waals surface area contributed by atoms with Crippen LogP contribution in [0.15, 0.2) is 0 Å². The van der Waals surface area contributed by atoms with Crippen LogP contribution in [0, 0.1) is 0 Å². The van der Waals surface area contributed by atoms with E-state index in [1.165, 1.54) is 0 Å². The van der Waals surface area contributed by atoms with Gasteiger partial charge >= 0.3 is 12.0 Å². The number of hydrogen-bond acceptors (Lipinski definition) is 4. The number of urea groups is 1. The second-order valence-electron chi connectivity index (χ2n) is 4.21. The van der Waals surface area contributed by atoms with Crippen LogP contribution in [0.2, 0.25) is 0 Å². The Labute approximate surface area is 104 Å². The summed E-state index contributed by atoms with van der Waals surface area (Å²) in [6.07, 6.45) is 1.08. The SMILES string of the molecule is COC1CC(NC(=O)N[C@@H](CC(N)=O)C(=O)O)C1. The lowest BCUT2D eigenvalue weighted by Crippen LogP contribution is -2.54. The van der Waals surface area contributed by atoms with Gasteiger partial charge in [0.2, 0.25) is 5.91 Å². The number of nitrogens with one attached hydrogen (secondary N) is 2. The van der Waals surface area contributed by atoms with Crippen molar-refractivity contribution in [1.29, 1.82) is 0 Å². The summed E-state index contributed by atoms with van der Waals surface area (Å²) in [4.78, 5) is 32.9. The maximum Gasteiger partial charge on any atom is 0.326 e. The molecule has 0 heterocycles. The van der Waals surface area contributed by atoms with Crippen molar-refractivity contribution in [2.45, 2.75) is 37.5 Å². The molecule has 0 aliphatic heterocycles. The van der Waals surface area contributed by atoms with E-state index < -0.39 is 30.4 Å². The summed E-state index contributed by atoms with van der Waals surface area (Å²) in [5.74, 6) is -2.09. The van der Waals surface area contributed by atoms with Crippen molar-refractivity contribution in [3.8, 4) is 0 Å². The number of rotatable bonds is 6. The Kier molecular flexibility index (Phi) is 4.90. The van der Waals surface area contributed by atoms with Gasteiger partial charge in [0.25, 0.3) is 0 Å². The number of carbonyl (C=O) groups is 3. The van der Waals surface area contributed by atoms with E-state index in [0.29, 0.717) is 12.8 Å². The fourth-order valence-corrected chi connectivity index (χ4v) is 1.66. The van der Waals surface area contributed by atoms with Gasteiger partial charge < -0.3 is 26.2 Å². The van der Waals surface area contributed by atoms with Crippen molar-refractivity contribution in [1.82, 2.24) is 10.6 Å². The highest BCUT2D eigenvalue weighted by Gasteiger charge is 2.31. The van der Waals surface area contributed by atoms with Gasteiger partial charge in [-0.2, -0.15) is 0 Å². The topological polar surface area (TPSA) is 131 Å². The van der Waals surface area contributed by atoms with E-state index in [2.05, 4.69) is 10.6 Å². The molecule has 0 aromatic rings. The Hall–Kier alpha value is -1.83. The van der Waals surface area contributed by atoms with E-state index in [4.69, 9.17) is 15.6 Å². The maximum absolute atomic E-state index is 11.5. The molecule has 0 saturated heterocycles. The molecule has 1 fully saturated rings. The zero-order valence-electron chi connectivity index (χ0n) is 10.0. The first-order valence-corrected chi connectivity index (χ1v) is 5.53. The molecule has 1 rings (SSSR count). The molecule has 5 N–H and O–H groups in total. The van der Waals surface area contributed by atoms with Crippen molar-refractivity contribution < 1.29 is 24.2 Å². The first-order valence-electron chi connectivity index (χ1n) is 5.53. The summed E-state index contributed by atoms with van der Waals surface area (Å²) in [6.45, 7) is 0. The normalized spacial score (nSPS) is 23.6. The van der Waals surface area contributed by atoms with Gasteiger partial charge in [0.15, 0.2) is 0 Å². The highest BCUT2D eigenvalue weighted by molar-refractivity contribution is 5.87. The van der Waals surface area contributed by atoms with Gasteiger partial charge in [0, 0.05) is 13.2 Å². The van der Waals surface area contributed by atoms with Crippen molar-refractivity contribution in [2.75, 3.05) is 7.11 Å². The lowest BCUT2D eigenvalue weighted by atomic mass is 9.89. The molecule has 0 unspecified atom stereocenters.